The number of hydrogen-bond donors (Lipinski definition) is 0. The smallest absolute Gasteiger partial charge is 0.253 e. The summed E-state index contributed by atoms with van der Waals surface area (Å²) in [5.74, 6) is 0.165. The number of aryl methyl sites for hydroxylation is 1. The van der Waals surface area contributed by atoms with Gasteiger partial charge in [-0.15, -0.1) is 11.3 Å². The van der Waals surface area contributed by atoms with Crippen LogP contribution < -0.4 is 0 Å². The largest absolute Gasteiger partial charge is 0.339 e. The second-order valence-electron chi connectivity index (χ2n) is 4.84. The monoisotopic (exact) mass is 271 g/mol. The number of likely N-dealkylation sites (tertiary alicyclic amines) is 1. The van der Waals surface area contributed by atoms with Crippen LogP contribution in [0.1, 0.15) is 28.6 Å². The fourth-order valence-electron chi connectivity index (χ4n) is 2.20. The predicted octanol–water partition coefficient (Wildman–Crippen LogP) is 3.82. The summed E-state index contributed by atoms with van der Waals surface area (Å²) in [5, 5.41) is 0. The van der Waals surface area contributed by atoms with E-state index >= 15 is 0 Å². The zero-order valence-corrected chi connectivity index (χ0v) is 11.9. The summed E-state index contributed by atoms with van der Waals surface area (Å²) < 4.78 is 0. The van der Waals surface area contributed by atoms with Crippen molar-refractivity contribution >= 4 is 17.2 Å². The van der Waals surface area contributed by atoms with Crippen LogP contribution in [0.15, 0.2) is 36.4 Å². The van der Waals surface area contributed by atoms with E-state index in [1.807, 2.05) is 28.4 Å². The molecule has 2 nitrogen and oxygen atoms in total. The molecule has 0 atom stereocenters. The predicted molar refractivity (Wildman–Crippen MR) is 79.7 cm³/mol. The molecule has 3 rings (SSSR count). The molecule has 0 radical (unpaired) electrons. The highest BCUT2D eigenvalue weighted by atomic mass is 32.1. The molecule has 0 unspecified atom stereocenters. The maximum Gasteiger partial charge on any atom is 0.253 e. The van der Waals surface area contributed by atoms with Gasteiger partial charge in [-0.05, 0) is 42.7 Å². The van der Waals surface area contributed by atoms with Gasteiger partial charge in [-0.2, -0.15) is 0 Å². The van der Waals surface area contributed by atoms with E-state index in [-0.39, 0.29) is 5.91 Å². The Morgan fingerprint density at radius 2 is 1.89 bits per heavy atom. The van der Waals surface area contributed by atoms with Crippen molar-refractivity contribution in [2.75, 3.05) is 13.1 Å². The Balaban J connectivity index is 1.80. The first-order valence-electron chi connectivity index (χ1n) is 6.76. The van der Waals surface area contributed by atoms with Gasteiger partial charge in [0.2, 0.25) is 0 Å². The molecule has 1 aromatic heterocycles. The summed E-state index contributed by atoms with van der Waals surface area (Å²) >= 11 is 1.83. The zero-order chi connectivity index (χ0) is 13.2. The van der Waals surface area contributed by atoms with Crippen LogP contribution in [0.5, 0.6) is 0 Å². The van der Waals surface area contributed by atoms with Crippen molar-refractivity contribution in [2.45, 2.75) is 19.8 Å². The first kappa shape index (κ1) is 12.4. The maximum absolute atomic E-state index is 12.1. The Labute approximate surface area is 117 Å². The second kappa shape index (κ2) is 5.17. The van der Waals surface area contributed by atoms with Gasteiger partial charge in [-0.1, -0.05) is 19.1 Å². The van der Waals surface area contributed by atoms with Crippen LogP contribution >= 0.6 is 11.3 Å². The van der Waals surface area contributed by atoms with Crippen molar-refractivity contribution in [1.29, 1.82) is 0 Å². The van der Waals surface area contributed by atoms with E-state index in [0.717, 1.165) is 31.5 Å². The van der Waals surface area contributed by atoms with Gasteiger partial charge in [-0.3, -0.25) is 4.79 Å². The minimum atomic E-state index is 0.165. The molecule has 0 bridgehead atoms. The minimum absolute atomic E-state index is 0.165. The number of nitrogens with zero attached hydrogens (tertiary/aromatic N) is 1. The van der Waals surface area contributed by atoms with Crippen molar-refractivity contribution in [1.82, 2.24) is 4.90 Å². The number of amides is 1. The Hall–Kier alpha value is -1.61. The minimum Gasteiger partial charge on any atom is -0.339 e. The van der Waals surface area contributed by atoms with Gasteiger partial charge < -0.3 is 4.90 Å². The first-order chi connectivity index (χ1) is 9.28. The lowest BCUT2D eigenvalue weighted by Crippen LogP contribution is -2.41. The summed E-state index contributed by atoms with van der Waals surface area (Å²) in [5.41, 5.74) is 2.00. The number of carbonyl (C=O) groups is 1. The Morgan fingerprint density at radius 1 is 1.16 bits per heavy atom. The van der Waals surface area contributed by atoms with Gasteiger partial charge in [0, 0.05) is 28.4 Å². The topological polar surface area (TPSA) is 20.3 Å². The molecule has 0 aliphatic carbocycles. The highest BCUT2D eigenvalue weighted by Crippen LogP contribution is 2.28. The standard InChI is InChI=1S/C16H17NOS/c1-2-14-8-9-15(19-14)12-4-6-13(7-5-12)16(18)17-10-3-11-17/h4-9H,2-3,10-11H2,1H3. The summed E-state index contributed by atoms with van der Waals surface area (Å²) in [6.07, 6.45) is 2.22. The Kier molecular flexibility index (Phi) is 3.38. The van der Waals surface area contributed by atoms with E-state index in [4.69, 9.17) is 0 Å². The van der Waals surface area contributed by atoms with Crippen molar-refractivity contribution < 1.29 is 4.79 Å². The molecule has 3 heteroatoms. The van der Waals surface area contributed by atoms with Crippen LogP contribution in [0.4, 0.5) is 0 Å². The lowest BCUT2D eigenvalue weighted by atomic mass is 10.1. The molecule has 98 valence electrons. The van der Waals surface area contributed by atoms with Crippen LogP contribution in [0.25, 0.3) is 10.4 Å². The van der Waals surface area contributed by atoms with E-state index in [1.165, 1.54) is 15.3 Å². The molecule has 0 saturated carbocycles. The molecule has 1 aromatic carbocycles. The third kappa shape index (κ3) is 2.43. The normalized spacial score (nSPS) is 14.3. The number of hydrogen-bond acceptors (Lipinski definition) is 2. The second-order valence-corrected chi connectivity index (χ2v) is 6.01. The van der Waals surface area contributed by atoms with Crippen LogP contribution in [-0.2, 0) is 6.42 Å². The number of thiophene rings is 1. The SMILES string of the molecule is CCc1ccc(-c2ccc(C(=O)N3CCC3)cc2)s1. The third-order valence-electron chi connectivity index (χ3n) is 3.57. The number of benzene rings is 1. The molecule has 1 aliphatic heterocycles. The molecule has 0 N–H and O–H groups in total. The van der Waals surface area contributed by atoms with Crippen LogP contribution in [-0.4, -0.2) is 23.9 Å². The summed E-state index contributed by atoms with van der Waals surface area (Å²) in [6.45, 7) is 3.99. The van der Waals surface area contributed by atoms with Gasteiger partial charge in [0.1, 0.15) is 0 Å². The van der Waals surface area contributed by atoms with Gasteiger partial charge in [0.15, 0.2) is 0 Å². The highest BCUT2D eigenvalue weighted by Gasteiger charge is 2.21. The highest BCUT2D eigenvalue weighted by molar-refractivity contribution is 7.15. The summed E-state index contributed by atoms with van der Waals surface area (Å²) in [6, 6.07) is 12.3. The van der Waals surface area contributed by atoms with Gasteiger partial charge in [0.05, 0.1) is 0 Å². The van der Waals surface area contributed by atoms with Crippen LogP contribution in [0.2, 0.25) is 0 Å². The molecular weight excluding hydrogens is 254 g/mol. The Morgan fingerprint density at radius 3 is 2.42 bits per heavy atom. The van der Waals surface area contributed by atoms with E-state index in [2.05, 4.69) is 31.2 Å². The lowest BCUT2D eigenvalue weighted by molar-refractivity contribution is 0.0652. The fourth-order valence-corrected chi connectivity index (χ4v) is 3.15. The zero-order valence-electron chi connectivity index (χ0n) is 11.1. The molecule has 0 spiro atoms. The molecule has 2 heterocycles. The van der Waals surface area contributed by atoms with Crippen LogP contribution in [0.3, 0.4) is 0 Å². The number of rotatable bonds is 3. The third-order valence-corrected chi connectivity index (χ3v) is 4.85. The molecule has 1 amide bonds. The fraction of sp³-hybridized carbons (Fsp3) is 0.312. The number of carbonyl (C=O) groups excluding carboxylic acids is 1. The van der Waals surface area contributed by atoms with Gasteiger partial charge >= 0.3 is 0 Å². The van der Waals surface area contributed by atoms with Gasteiger partial charge in [0.25, 0.3) is 5.91 Å². The van der Waals surface area contributed by atoms with Crippen LogP contribution in [0, 0.1) is 0 Å². The summed E-state index contributed by atoms with van der Waals surface area (Å²) in [4.78, 5) is 16.6. The van der Waals surface area contributed by atoms with Crippen molar-refractivity contribution in [2.24, 2.45) is 0 Å². The van der Waals surface area contributed by atoms with E-state index in [0.29, 0.717) is 0 Å². The van der Waals surface area contributed by atoms with Crippen molar-refractivity contribution in [3.63, 3.8) is 0 Å². The average Bonchev–Trinajstić information content (AvgIpc) is 2.85. The van der Waals surface area contributed by atoms with Crippen molar-refractivity contribution in [3.8, 4) is 10.4 Å². The molecule has 2 aromatic rings. The lowest BCUT2D eigenvalue weighted by Gasteiger charge is -2.30. The Bertz CT molecular complexity index is 581. The van der Waals surface area contributed by atoms with E-state index < -0.39 is 0 Å². The molecule has 1 fully saturated rings. The summed E-state index contributed by atoms with van der Waals surface area (Å²) in [7, 11) is 0. The van der Waals surface area contributed by atoms with Gasteiger partial charge in [-0.25, -0.2) is 0 Å². The molecule has 1 aliphatic rings. The van der Waals surface area contributed by atoms with Crippen molar-refractivity contribution in [3.05, 3.63) is 46.8 Å². The first-order valence-corrected chi connectivity index (χ1v) is 7.58. The molecule has 1 saturated heterocycles. The quantitative estimate of drug-likeness (QED) is 0.831. The molecule has 19 heavy (non-hydrogen) atoms. The maximum atomic E-state index is 12.1. The molecular formula is C16H17NOS. The van der Waals surface area contributed by atoms with E-state index in [9.17, 15) is 4.79 Å². The van der Waals surface area contributed by atoms with E-state index in [1.54, 1.807) is 0 Å². The average molecular weight is 271 g/mol.